The van der Waals surface area contributed by atoms with Gasteiger partial charge in [0.2, 0.25) is 0 Å². The van der Waals surface area contributed by atoms with Gasteiger partial charge in [0.15, 0.2) is 0 Å². The van der Waals surface area contributed by atoms with Gasteiger partial charge in [-0.2, -0.15) is 5.10 Å². The lowest BCUT2D eigenvalue weighted by atomic mass is 10.1. The first-order valence-corrected chi connectivity index (χ1v) is 10.1. The van der Waals surface area contributed by atoms with Gasteiger partial charge < -0.3 is 10.1 Å². The van der Waals surface area contributed by atoms with E-state index in [9.17, 15) is 9.59 Å². The van der Waals surface area contributed by atoms with Crippen LogP contribution in [-0.4, -0.2) is 29.2 Å². The van der Waals surface area contributed by atoms with Crippen LogP contribution in [0.1, 0.15) is 36.9 Å². The van der Waals surface area contributed by atoms with Gasteiger partial charge in [-0.05, 0) is 53.8 Å². The van der Waals surface area contributed by atoms with Crippen molar-refractivity contribution in [1.29, 1.82) is 0 Å². The maximum atomic E-state index is 12.7. The van der Waals surface area contributed by atoms with Crippen LogP contribution in [-0.2, 0) is 4.74 Å². The Morgan fingerprint density at radius 1 is 1.13 bits per heavy atom. The fourth-order valence-corrected chi connectivity index (χ4v) is 3.94. The molecule has 2 aromatic heterocycles. The number of esters is 1. The lowest BCUT2D eigenvalue weighted by molar-refractivity contribution is 0.0600. The highest BCUT2D eigenvalue weighted by atomic mass is 32.1. The number of fused-ring (bicyclic) bond motifs is 1. The number of aromatic nitrogens is 2. The summed E-state index contributed by atoms with van der Waals surface area (Å²) < 4.78 is 4.81. The average molecular weight is 417 g/mol. The van der Waals surface area contributed by atoms with Crippen molar-refractivity contribution in [2.45, 2.75) is 6.92 Å². The maximum absolute atomic E-state index is 12.7. The summed E-state index contributed by atoms with van der Waals surface area (Å²) in [7, 11) is 1.33. The molecular weight excluding hydrogens is 398 g/mol. The lowest BCUT2D eigenvalue weighted by Gasteiger charge is -2.10. The number of carbonyl (C=O) groups excluding carboxylic acids is 2. The number of H-pyrrole nitrogens is 1. The number of ether oxygens (including phenoxy) is 1. The third-order valence-corrected chi connectivity index (χ3v) is 5.73. The third-order valence-electron chi connectivity index (χ3n) is 4.71. The summed E-state index contributed by atoms with van der Waals surface area (Å²) in [6, 6.07) is 14.8. The zero-order chi connectivity index (χ0) is 21.1. The molecule has 2 aromatic carbocycles. The fourth-order valence-electron chi connectivity index (χ4n) is 3.12. The molecule has 2 heterocycles. The van der Waals surface area contributed by atoms with Crippen LogP contribution in [0.25, 0.3) is 23.1 Å². The fraction of sp³-hybridized carbons (Fsp3) is 0.0870. The summed E-state index contributed by atoms with van der Waals surface area (Å²) in [5, 5.41) is 13.1. The molecule has 2 N–H and O–H groups in total. The van der Waals surface area contributed by atoms with Gasteiger partial charge in [-0.25, -0.2) is 4.79 Å². The van der Waals surface area contributed by atoms with Crippen LogP contribution in [0.2, 0.25) is 0 Å². The van der Waals surface area contributed by atoms with Gasteiger partial charge in [0.1, 0.15) is 0 Å². The molecule has 0 bridgehead atoms. The van der Waals surface area contributed by atoms with E-state index in [2.05, 4.69) is 15.5 Å². The standard InChI is InChI=1S/C23H19N3O3S/c1-14-11-12-30-21(14)22(27)24-20-13-16(23(28)29-2)8-7-15(20)9-10-19-17-5-3-4-6-18(17)25-26-19/h3-13H,1-2H3,(H,24,27)(H,25,26). The van der Waals surface area contributed by atoms with Gasteiger partial charge in [-0.1, -0.05) is 30.3 Å². The predicted molar refractivity (Wildman–Crippen MR) is 120 cm³/mol. The zero-order valence-corrected chi connectivity index (χ0v) is 17.2. The van der Waals surface area contributed by atoms with E-state index in [1.165, 1.54) is 18.4 Å². The summed E-state index contributed by atoms with van der Waals surface area (Å²) >= 11 is 1.37. The molecule has 0 atom stereocenters. The van der Waals surface area contributed by atoms with Gasteiger partial charge in [0.25, 0.3) is 5.91 Å². The Labute approximate surface area is 177 Å². The molecule has 0 saturated heterocycles. The first-order chi connectivity index (χ1) is 14.6. The van der Waals surface area contributed by atoms with Crippen molar-refractivity contribution in [3.63, 3.8) is 0 Å². The minimum absolute atomic E-state index is 0.218. The average Bonchev–Trinajstić information content (AvgIpc) is 3.38. The van der Waals surface area contributed by atoms with E-state index in [0.29, 0.717) is 16.1 Å². The monoisotopic (exact) mass is 417 g/mol. The van der Waals surface area contributed by atoms with Crippen molar-refractivity contribution < 1.29 is 14.3 Å². The van der Waals surface area contributed by atoms with Crippen molar-refractivity contribution in [2.24, 2.45) is 0 Å². The predicted octanol–water partition coefficient (Wildman–Crippen LogP) is 5.14. The van der Waals surface area contributed by atoms with Gasteiger partial charge >= 0.3 is 5.97 Å². The second kappa shape index (κ2) is 8.34. The number of thiophene rings is 1. The minimum Gasteiger partial charge on any atom is -0.465 e. The van der Waals surface area contributed by atoms with Crippen molar-refractivity contribution >= 4 is 52.0 Å². The number of para-hydroxylation sites is 1. The van der Waals surface area contributed by atoms with Crippen LogP contribution in [0.4, 0.5) is 5.69 Å². The highest BCUT2D eigenvalue weighted by Gasteiger charge is 2.15. The number of anilines is 1. The molecule has 7 heteroatoms. The molecule has 0 radical (unpaired) electrons. The van der Waals surface area contributed by atoms with Gasteiger partial charge in [0.05, 0.1) is 28.8 Å². The molecule has 4 aromatic rings. The Morgan fingerprint density at radius 2 is 1.97 bits per heavy atom. The van der Waals surface area contributed by atoms with E-state index < -0.39 is 5.97 Å². The number of amides is 1. The van der Waals surface area contributed by atoms with Crippen LogP contribution >= 0.6 is 11.3 Å². The number of nitrogens with zero attached hydrogens (tertiary/aromatic N) is 1. The molecular formula is C23H19N3O3S. The highest BCUT2D eigenvalue weighted by Crippen LogP contribution is 2.25. The maximum Gasteiger partial charge on any atom is 0.337 e. The number of rotatable bonds is 5. The lowest BCUT2D eigenvalue weighted by Crippen LogP contribution is -2.13. The van der Waals surface area contributed by atoms with Crippen LogP contribution in [0, 0.1) is 6.92 Å². The molecule has 0 aliphatic carbocycles. The number of carbonyl (C=O) groups is 2. The van der Waals surface area contributed by atoms with E-state index in [1.54, 1.807) is 18.2 Å². The van der Waals surface area contributed by atoms with E-state index in [0.717, 1.165) is 27.7 Å². The molecule has 0 fully saturated rings. The number of aryl methyl sites for hydroxylation is 1. The summed E-state index contributed by atoms with van der Waals surface area (Å²) in [4.78, 5) is 25.4. The molecule has 1 amide bonds. The second-order valence-corrected chi connectivity index (χ2v) is 7.58. The Morgan fingerprint density at radius 3 is 2.73 bits per heavy atom. The first kappa shape index (κ1) is 19.6. The molecule has 150 valence electrons. The number of benzene rings is 2. The molecule has 0 unspecified atom stereocenters. The van der Waals surface area contributed by atoms with Crippen molar-refractivity contribution in [1.82, 2.24) is 10.2 Å². The summed E-state index contributed by atoms with van der Waals surface area (Å²) in [5.41, 5.74) is 4.26. The van der Waals surface area contributed by atoms with E-state index in [1.807, 2.05) is 54.8 Å². The van der Waals surface area contributed by atoms with Gasteiger partial charge in [0, 0.05) is 11.1 Å². The Kier molecular flexibility index (Phi) is 5.45. The van der Waals surface area contributed by atoms with E-state index in [-0.39, 0.29) is 5.91 Å². The number of hydrogen-bond donors (Lipinski definition) is 2. The molecule has 6 nitrogen and oxygen atoms in total. The molecule has 0 saturated carbocycles. The molecule has 0 aliphatic rings. The third kappa shape index (κ3) is 3.88. The van der Waals surface area contributed by atoms with Crippen LogP contribution in [0.15, 0.2) is 53.9 Å². The van der Waals surface area contributed by atoms with E-state index >= 15 is 0 Å². The van der Waals surface area contributed by atoms with Crippen molar-refractivity contribution in [3.05, 3.63) is 81.2 Å². The summed E-state index contributed by atoms with van der Waals surface area (Å²) in [6.45, 7) is 1.89. The van der Waals surface area contributed by atoms with E-state index in [4.69, 9.17) is 4.74 Å². The SMILES string of the molecule is COC(=O)c1ccc(C=Cc2n[nH]c3ccccc23)c(NC(=O)c2sccc2C)c1. The largest absolute Gasteiger partial charge is 0.465 e. The van der Waals surface area contributed by atoms with Gasteiger partial charge in [-0.3, -0.25) is 9.89 Å². The van der Waals surface area contributed by atoms with Gasteiger partial charge in [-0.15, -0.1) is 11.3 Å². The first-order valence-electron chi connectivity index (χ1n) is 9.26. The quantitative estimate of drug-likeness (QED) is 0.440. The molecule has 30 heavy (non-hydrogen) atoms. The number of aromatic amines is 1. The Balaban J connectivity index is 1.70. The highest BCUT2D eigenvalue weighted by molar-refractivity contribution is 7.12. The van der Waals surface area contributed by atoms with Crippen LogP contribution in [0.3, 0.4) is 0 Å². The Hall–Kier alpha value is -3.71. The Bertz CT molecular complexity index is 1270. The number of hydrogen-bond acceptors (Lipinski definition) is 5. The number of methoxy groups -OCH3 is 1. The smallest absolute Gasteiger partial charge is 0.337 e. The van der Waals surface area contributed by atoms with Crippen LogP contribution < -0.4 is 5.32 Å². The number of nitrogens with one attached hydrogen (secondary N) is 2. The molecule has 4 rings (SSSR count). The summed E-state index contributed by atoms with van der Waals surface area (Å²) in [6.07, 6.45) is 3.73. The van der Waals surface area contributed by atoms with Crippen LogP contribution in [0.5, 0.6) is 0 Å². The summed E-state index contributed by atoms with van der Waals surface area (Å²) in [5.74, 6) is -0.684. The second-order valence-electron chi connectivity index (χ2n) is 6.67. The normalized spacial score (nSPS) is 11.1. The molecule has 0 spiro atoms. The topological polar surface area (TPSA) is 84.1 Å². The van der Waals surface area contributed by atoms with Crippen molar-refractivity contribution in [3.8, 4) is 0 Å². The minimum atomic E-state index is -0.466. The molecule has 0 aliphatic heterocycles. The zero-order valence-electron chi connectivity index (χ0n) is 16.4. The van der Waals surface area contributed by atoms with Crippen molar-refractivity contribution in [2.75, 3.05) is 12.4 Å².